The lowest BCUT2D eigenvalue weighted by atomic mass is 10.1. The summed E-state index contributed by atoms with van der Waals surface area (Å²) in [4.78, 5) is 25.8. The molecule has 1 aliphatic rings. The van der Waals surface area contributed by atoms with E-state index in [0.29, 0.717) is 55.6 Å². The summed E-state index contributed by atoms with van der Waals surface area (Å²) < 4.78 is 46.4. The number of hydrogen-bond acceptors (Lipinski definition) is 8. The second-order valence-corrected chi connectivity index (χ2v) is 8.60. The zero-order valence-electron chi connectivity index (χ0n) is 20.7. The number of rotatable bonds is 10. The molecule has 0 spiro atoms. The van der Waals surface area contributed by atoms with Crippen LogP contribution in [0.1, 0.15) is 10.4 Å². The van der Waals surface area contributed by atoms with Gasteiger partial charge in [0.05, 0.1) is 18.9 Å². The molecule has 1 aliphatic heterocycles. The number of benzene rings is 2. The van der Waals surface area contributed by atoms with Crippen molar-refractivity contribution < 1.29 is 27.4 Å². The normalized spacial score (nSPS) is 14.4. The lowest BCUT2D eigenvalue weighted by Crippen LogP contribution is -2.49. The van der Waals surface area contributed by atoms with Gasteiger partial charge >= 0.3 is 6.36 Å². The van der Waals surface area contributed by atoms with E-state index in [0.717, 1.165) is 25.2 Å². The second kappa shape index (κ2) is 12.7. The number of amides is 1. The van der Waals surface area contributed by atoms with E-state index in [2.05, 4.69) is 24.9 Å². The molecule has 12 heteroatoms. The van der Waals surface area contributed by atoms with Gasteiger partial charge in [-0.15, -0.1) is 13.2 Å². The van der Waals surface area contributed by atoms with Crippen molar-refractivity contribution in [2.75, 3.05) is 57.8 Å². The molecule has 1 saturated heterocycles. The summed E-state index contributed by atoms with van der Waals surface area (Å²) in [5.41, 5.74) is 7.86. The van der Waals surface area contributed by atoms with Crippen LogP contribution in [-0.4, -0.2) is 84.5 Å². The predicted octanol–water partition coefficient (Wildman–Crippen LogP) is 3.52. The second-order valence-electron chi connectivity index (χ2n) is 8.60. The Kier molecular flexibility index (Phi) is 9.10. The molecule has 2 heterocycles. The SMILES string of the molecule is NCCOCCN1CCN(C(=O)c2cccc(-c3cc(Nc4ccc(OC(F)(F)F)cc4)ncn3)c2)CC1. The summed E-state index contributed by atoms with van der Waals surface area (Å²) >= 11 is 0. The van der Waals surface area contributed by atoms with Crippen molar-refractivity contribution in [2.24, 2.45) is 5.73 Å². The number of nitrogens with zero attached hydrogens (tertiary/aromatic N) is 4. The van der Waals surface area contributed by atoms with Gasteiger partial charge in [-0.25, -0.2) is 9.97 Å². The largest absolute Gasteiger partial charge is 0.573 e. The number of aromatic nitrogens is 2. The first-order valence-electron chi connectivity index (χ1n) is 12.2. The van der Waals surface area contributed by atoms with Crippen LogP contribution in [0.2, 0.25) is 0 Å². The third-order valence-electron chi connectivity index (χ3n) is 5.91. The summed E-state index contributed by atoms with van der Waals surface area (Å²) in [6.45, 7) is 5.32. The Labute approximate surface area is 218 Å². The Bertz CT molecular complexity index is 1200. The maximum atomic E-state index is 13.2. The molecule has 9 nitrogen and oxygen atoms in total. The number of nitrogens with two attached hydrogens (primary N) is 1. The number of ether oxygens (including phenoxy) is 2. The van der Waals surface area contributed by atoms with Crippen molar-refractivity contribution in [3.8, 4) is 17.0 Å². The van der Waals surface area contributed by atoms with Gasteiger partial charge in [-0.05, 0) is 36.4 Å². The molecule has 1 fully saturated rings. The van der Waals surface area contributed by atoms with Gasteiger partial charge in [0.2, 0.25) is 0 Å². The summed E-state index contributed by atoms with van der Waals surface area (Å²) in [6, 6.07) is 14.3. The van der Waals surface area contributed by atoms with Gasteiger partial charge in [-0.3, -0.25) is 9.69 Å². The highest BCUT2D eigenvalue weighted by Gasteiger charge is 2.31. The Hall–Kier alpha value is -3.74. The quantitative estimate of drug-likeness (QED) is 0.384. The van der Waals surface area contributed by atoms with E-state index in [-0.39, 0.29) is 11.7 Å². The number of carbonyl (C=O) groups excluding carboxylic acids is 1. The molecule has 4 rings (SSSR count). The third-order valence-corrected chi connectivity index (χ3v) is 5.91. The number of anilines is 2. The standard InChI is InChI=1S/C26H29F3N6O3/c27-26(28,29)38-22-6-4-21(5-7-22)33-24-17-23(31-18-32-24)19-2-1-3-20(16-19)25(36)35-11-9-34(10-12-35)13-15-37-14-8-30/h1-7,16-18H,8-15,30H2,(H,31,32,33). The molecule has 0 atom stereocenters. The first-order valence-corrected chi connectivity index (χ1v) is 12.2. The first kappa shape index (κ1) is 27.3. The fourth-order valence-electron chi connectivity index (χ4n) is 4.02. The van der Waals surface area contributed by atoms with Crippen LogP contribution in [0.15, 0.2) is 60.9 Å². The molecule has 0 aliphatic carbocycles. The Balaban J connectivity index is 1.37. The van der Waals surface area contributed by atoms with E-state index in [4.69, 9.17) is 10.5 Å². The summed E-state index contributed by atoms with van der Waals surface area (Å²) in [6.07, 6.45) is -3.37. The summed E-state index contributed by atoms with van der Waals surface area (Å²) in [5.74, 6) is 0.0908. The van der Waals surface area contributed by atoms with E-state index in [1.54, 1.807) is 18.2 Å². The zero-order chi connectivity index (χ0) is 27.0. The smallest absolute Gasteiger partial charge is 0.406 e. The minimum Gasteiger partial charge on any atom is -0.406 e. The van der Waals surface area contributed by atoms with E-state index < -0.39 is 6.36 Å². The van der Waals surface area contributed by atoms with Crippen LogP contribution in [0.3, 0.4) is 0 Å². The van der Waals surface area contributed by atoms with Crippen molar-refractivity contribution >= 4 is 17.4 Å². The van der Waals surface area contributed by atoms with Crippen molar-refractivity contribution in [1.29, 1.82) is 0 Å². The highest BCUT2D eigenvalue weighted by molar-refractivity contribution is 5.95. The average Bonchev–Trinajstić information content (AvgIpc) is 2.92. The minimum absolute atomic E-state index is 0.0422. The fourth-order valence-corrected chi connectivity index (χ4v) is 4.02. The topological polar surface area (TPSA) is 106 Å². The van der Waals surface area contributed by atoms with Gasteiger partial charge < -0.3 is 25.4 Å². The Morgan fingerprint density at radius 1 is 1.00 bits per heavy atom. The maximum absolute atomic E-state index is 13.2. The molecule has 0 unspecified atom stereocenters. The van der Waals surface area contributed by atoms with Crippen molar-refractivity contribution in [3.63, 3.8) is 0 Å². The van der Waals surface area contributed by atoms with Crippen LogP contribution < -0.4 is 15.8 Å². The summed E-state index contributed by atoms with van der Waals surface area (Å²) in [5, 5.41) is 3.04. The third kappa shape index (κ3) is 7.88. The van der Waals surface area contributed by atoms with Crippen LogP contribution in [0, 0.1) is 0 Å². The lowest BCUT2D eigenvalue weighted by Gasteiger charge is -2.34. The number of piperazine rings is 1. The molecule has 1 aromatic heterocycles. The lowest BCUT2D eigenvalue weighted by molar-refractivity contribution is -0.274. The predicted molar refractivity (Wildman–Crippen MR) is 136 cm³/mol. The van der Waals surface area contributed by atoms with Crippen molar-refractivity contribution in [3.05, 3.63) is 66.5 Å². The molecular formula is C26H29F3N6O3. The molecule has 0 bridgehead atoms. The average molecular weight is 531 g/mol. The Morgan fingerprint density at radius 3 is 2.47 bits per heavy atom. The number of alkyl halides is 3. The number of hydrogen-bond donors (Lipinski definition) is 2. The molecular weight excluding hydrogens is 501 g/mol. The van der Waals surface area contributed by atoms with E-state index >= 15 is 0 Å². The van der Waals surface area contributed by atoms with Crippen LogP contribution in [-0.2, 0) is 4.74 Å². The van der Waals surface area contributed by atoms with Gasteiger partial charge in [0.1, 0.15) is 17.9 Å². The highest BCUT2D eigenvalue weighted by atomic mass is 19.4. The molecule has 38 heavy (non-hydrogen) atoms. The molecule has 0 saturated carbocycles. The molecule has 202 valence electrons. The van der Waals surface area contributed by atoms with Crippen LogP contribution in [0.25, 0.3) is 11.3 Å². The highest BCUT2D eigenvalue weighted by Crippen LogP contribution is 2.26. The molecule has 3 N–H and O–H groups in total. The van der Waals surface area contributed by atoms with Crippen molar-refractivity contribution in [2.45, 2.75) is 6.36 Å². The van der Waals surface area contributed by atoms with Crippen LogP contribution >= 0.6 is 0 Å². The van der Waals surface area contributed by atoms with Gasteiger partial charge in [0.25, 0.3) is 5.91 Å². The van der Waals surface area contributed by atoms with Gasteiger partial charge in [-0.1, -0.05) is 12.1 Å². The van der Waals surface area contributed by atoms with E-state index in [9.17, 15) is 18.0 Å². The first-order chi connectivity index (χ1) is 18.3. The molecule has 2 aromatic carbocycles. The minimum atomic E-state index is -4.75. The van der Waals surface area contributed by atoms with Crippen LogP contribution in [0.4, 0.5) is 24.7 Å². The zero-order valence-corrected chi connectivity index (χ0v) is 20.7. The molecule has 1 amide bonds. The van der Waals surface area contributed by atoms with Gasteiger partial charge in [-0.2, -0.15) is 0 Å². The molecule has 0 radical (unpaired) electrons. The van der Waals surface area contributed by atoms with E-state index in [1.807, 2.05) is 17.0 Å². The summed E-state index contributed by atoms with van der Waals surface area (Å²) in [7, 11) is 0. The Morgan fingerprint density at radius 2 is 1.76 bits per heavy atom. The number of halogens is 3. The maximum Gasteiger partial charge on any atom is 0.573 e. The number of carbonyl (C=O) groups is 1. The van der Waals surface area contributed by atoms with Crippen LogP contribution in [0.5, 0.6) is 5.75 Å². The van der Waals surface area contributed by atoms with Gasteiger partial charge in [0.15, 0.2) is 0 Å². The fraction of sp³-hybridized carbons (Fsp3) is 0.346. The van der Waals surface area contributed by atoms with Crippen molar-refractivity contribution in [1.82, 2.24) is 19.8 Å². The van der Waals surface area contributed by atoms with Gasteiger partial charge in [0, 0.05) is 62.1 Å². The monoisotopic (exact) mass is 530 g/mol. The number of nitrogens with one attached hydrogen (secondary N) is 1. The van der Waals surface area contributed by atoms with E-state index in [1.165, 1.54) is 30.6 Å². The molecule has 3 aromatic rings.